The van der Waals surface area contributed by atoms with E-state index >= 15 is 0 Å². The van der Waals surface area contributed by atoms with Gasteiger partial charge in [-0.05, 0) is 31.0 Å². The number of benzene rings is 1. The Bertz CT molecular complexity index is 463. The van der Waals surface area contributed by atoms with E-state index in [0.29, 0.717) is 50.6 Å². The highest BCUT2D eigenvalue weighted by molar-refractivity contribution is 5.99. The Morgan fingerprint density at radius 1 is 0.773 bits per heavy atom. The van der Waals surface area contributed by atoms with Crippen molar-refractivity contribution in [3.63, 3.8) is 0 Å². The first kappa shape index (κ1) is 16.5. The third-order valence-corrected chi connectivity index (χ3v) is 3.26. The Labute approximate surface area is 130 Å². The molecular weight excluding hydrogens is 284 g/mol. The van der Waals surface area contributed by atoms with Crippen LogP contribution in [-0.4, -0.2) is 51.3 Å². The quantitative estimate of drug-likeness (QED) is 0.749. The topological polar surface area (TPSA) is 76.7 Å². The second-order valence-electron chi connectivity index (χ2n) is 5.02. The highest BCUT2D eigenvalue weighted by Gasteiger charge is 2.10. The van der Waals surface area contributed by atoms with Gasteiger partial charge in [-0.1, -0.05) is 6.07 Å². The molecule has 0 spiro atoms. The molecule has 2 bridgehead atoms. The van der Waals surface area contributed by atoms with Crippen molar-refractivity contribution in [2.75, 3.05) is 39.5 Å². The fourth-order valence-corrected chi connectivity index (χ4v) is 2.08. The average Bonchev–Trinajstić information content (AvgIpc) is 2.55. The van der Waals surface area contributed by atoms with E-state index < -0.39 is 0 Å². The number of carbonyl (C=O) groups is 2. The first-order valence-electron chi connectivity index (χ1n) is 7.59. The van der Waals surface area contributed by atoms with Gasteiger partial charge >= 0.3 is 0 Å². The monoisotopic (exact) mass is 306 g/mol. The highest BCUT2D eigenvalue weighted by atomic mass is 16.5. The largest absolute Gasteiger partial charge is 0.379 e. The van der Waals surface area contributed by atoms with Gasteiger partial charge in [-0.3, -0.25) is 9.59 Å². The van der Waals surface area contributed by atoms with Crippen LogP contribution in [0.2, 0.25) is 0 Å². The van der Waals surface area contributed by atoms with Crippen LogP contribution in [-0.2, 0) is 9.47 Å². The van der Waals surface area contributed by atoms with Gasteiger partial charge in [-0.2, -0.15) is 0 Å². The molecule has 120 valence electrons. The molecule has 0 aromatic heterocycles. The molecule has 6 nitrogen and oxygen atoms in total. The number of nitrogens with one attached hydrogen (secondary N) is 2. The van der Waals surface area contributed by atoms with Crippen LogP contribution in [0.3, 0.4) is 0 Å². The molecule has 1 aliphatic heterocycles. The van der Waals surface area contributed by atoms with Crippen LogP contribution in [0, 0.1) is 0 Å². The molecule has 1 aromatic carbocycles. The second kappa shape index (κ2) is 9.17. The molecule has 0 aliphatic carbocycles. The Morgan fingerprint density at radius 3 is 1.77 bits per heavy atom. The van der Waals surface area contributed by atoms with Gasteiger partial charge in [0.25, 0.3) is 11.8 Å². The van der Waals surface area contributed by atoms with Gasteiger partial charge in [0.05, 0.1) is 13.2 Å². The second-order valence-corrected chi connectivity index (χ2v) is 5.02. The summed E-state index contributed by atoms with van der Waals surface area (Å²) in [5, 5.41) is 5.64. The highest BCUT2D eigenvalue weighted by Crippen LogP contribution is 2.05. The molecule has 0 fully saturated rings. The third-order valence-electron chi connectivity index (χ3n) is 3.26. The lowest BCUT2D eigenvalue weighted by molar-refractivity contribution is 0.0459. The lowest BCUT2D eigenvalue weighted by Gasteiger charge is -2.07. The van der Waals surface area contributed by atoms with E-state index in [1.165, 1.54) is 0 Å². The molecule has 0 atom stereocenters. The van der Waals surface area contributed by atoms with Crippen LogP contribution in [0.15, 0.2) is 24.3 Å². The average molecular weight is 306 g/mol. The minimum Gasteiger partial charge on any atom is -0.379 e. The number of hydrogen-bond acceptors (Lipinski definition) is 4. The van der Waals surface area contributed by atoms with Crippen molar-refractivity contribution in [2.45, 2.75) is 12.8 Å². The Morgan fingerprint density at radius 2 is 1.27 bits per heavy atom. The van der Waals surface area contributed by atoms with E-state index in [2.05, 4.69) is 10.6 Å². The Hall–Kier alpha value is -1.92. The van der Waals surface area contributed by atoms with Gasteiger partial charge in [0, 0.05) is 37.4 Å². The minimum atomic E-state index is -0.178. The molecule has 22 heavy (non-hydrogen) atoms. The molecule has 0 saturated carbocycles. The zero-order valence-electron chi connectivity index (χ0n) is 12.6. The normalized spacial score (nSPS) is 18.9. The van der Waals surface area contributed by atoms with Crippen molar-refractivity contribution in [3.05, 3.63) is 35.4 Å². The first-order valence-corrected chi connectivity index (χ1v) is 7.59. The van der Waals surface area contributed by atoms with Crippen molar-refractivity contribution < 1.29 is 19.1 Å². The standard InChI is InChI=1S/C16H22N2O4/c19-15-13-4-1-5-14(12-13)16(20)18-7-3-9-22-11-10-21-8-2-6-17-15/h1,4-5,12H,2-3,6-11H2,(H,17,19)(H,18,20). The molecule has 2 rings (SSSR count). The number of carbonyl (C=O) groups excluding carboxylic acids is 2. The van der Waals surface area contributed by atoms with Crippen molar-refractivity contribution in [2.24, 2.45) is 0 Å². The van der Waals surface area contributed by atoms with Crippen molar-refractivity contribution in [1.82, 2.24) is 10.6 Å². The van der Waals surface area contributed by atoms with Crippen LogP contribution >= 0.6 is 0 Å². The minimum absolute atomic E-state index is 0.178. The summed E-state index contributed by atoms with van der Waals surface area (Å²) < 4.78 is 10.8. The smallest absolute Gasteiger partial charge is 0.251 e. The molecule has 1 aliphatic rings. The van der Waals surface area contributed by atoms with E-state index in [0.717, 1.165) is 12.8 Å². The summed E-state index contributed by atoms with van der Waals surface area (Å²) in [6.45, 7) is 3.34. The lowest BCUT2D eigenvalue weighted by Crippen LogP contribution is -2.27. The predicted octanol–water partition coefficient (Wildman–Crippen LogP) is 0.973. The molecule has 2 N–H and O–H groups in total. The molecule has 0 saturated heterocycles. The number of fused-ring (bicyclic) bond motifs is 2. The zero-order chi connectivity index (χ0) is 15.6. The number of ether oxygens (including phenoxy) is 2. The number of rotatable bonds is 0. The van der Waals surface area contributed by atoms with Gasteiger partial charge in [-0.25, -0.2) is 0 Å². The predicted molar refractivity (Wildman–Crippen MR) is 82.0 cm³/mol. The van der Waals surface area contributed by atoms with Crippen LogP contribution in [0.5, 0.6) is 0 Å². The van der Waals surface area contributed by atoms with E-state index in [4.69, 9.17) is 9.47 Å². The van der Waals surface area contributed by atoms with Crippen LogP contribution in [0.25, 0.3) is 0 Å². The van der Waals surface area contributed by atoms with Crippen LogP contribution < -0.4 is 10.6 Å². The molecule has 0 unspecified atom stereocenters. The van der Waals surface area contributed by atoms with E-state index in [9.17, 15) is 9.59 Å². The van der Waals surface area contributed by atoms with Gasteiger partial charge in [0.1, 0.15) is 0 Å². The van der Waals surface area contributed by atoms with Crippen LogP contribution in [0.4, 0.5) is 0 Å². The lowest BCUT2D eigenvalue weighted by atomic mass is 10.1. The summed E-state index contributed by atoms with van der Waals surface area (Å²) in [6, 6.07) is 6.72. The van der Waals surface area contributed by atoms with E-state index in [1.54, 1.807) is 24.3 Å². The summed E-state index contributed by atoms with van der Waals surface area (Å²) in [4.78, 5) is 24.1. The molecule has 1 heterocycles. The maximum absolute atomic E-state index is 12.0. The molecule has 0 radical (unpaired) electrons. The first-order chi connectivity index (χ1) is 10.8. The van der Waals surface area contributed by atoms with Crippen molar-refractivity contribution in [1.29, 1.82) is 0 Å². The van der Waals surface area contributed by atoms with Crippen LogP contribution in [0.1, 0.15) is 33.6 Å². The van der Waals surface area contributed by atoms with E-state index in [-0.39, 0.29) is 11.8 Å². The summed E-state index contributed by atoms with van der Waals surface area (Å²) in [5.74, 6) is -0.357. The summed E-state index contributed by atoms with van der Waals surface area (Å²) >= 11 is 0. The zero-order valence-corrected chi connectivity index (χ0v) is 12.6. The van der Waals surface area contributed by atoms with Crippen molar-refractivity contribution >= 4 is 11.8 Å². The van der Waals surface area contributed by atoms with Gasteiger partial charge < -0.3 is 20.1 Å². The van der Waals surface area contributed by atoms with Crippen molar-refractivity contribution in [3.8, 4) is 0 Å². The molecule has 2 amide bonds. The van der Waals surface area contributed by atoms with Gasteiger partial charge in [0.2, 0.25) is 0 Å². The Kier molecular flexibility index (Phi) is 6.86. The molecule has 1 aromatic rings. The maximum atomic E-state index is 12.0. The molecular formula is C16H22N2O4. The Balaban J connectivity index is 1.99. The van der Waals surface area contributed by atoms with Gasteiger partial charge in [-0.15, -0.1) is 0 Å². The van der Waals surface area contributed by atoms with E-state index in [1.807, 2.05) is 0 Å². The fourth-order valence-electron chi connectivity index (χ4n) is 2.08. The third kappa shape index (κ3) is 5.46. The summed E-state index contributed by atoms with van der Waals surface area (Å²) in [5.41, 5.74) is 0.974. The summed E-state index contributed by atoms with van der Waals surface area (Å²) in [6.07, 6.45) is 1.48. The fraction of sp³-hybridized carbons (Fsp3) is 0.500. The summed E-state index contributed by atoms with van der Waals surface area (Å²) in [7, 11) is 0. The number of amides is 2. The maximum Gasteiger partial charge on any atom is 0.251 e. The molecule has 6 heteroatoms. The van der Waals surface area contributed by atoms with Gasteiger partial charge in [0.15, 0.2) is 0 Å². The number of hydrogen-bond donors (Lipinski definition) is 2. The SMILES string of the molecule is O=C1NCCCOCCOCCCNC(=O)c2cccc1c2.